The molecule has 1 N–H and O–H groups in total. The van der Waals surface area contributed by atoms with Crippen molar-refractivity contribution in [1.29, 1.82) is 0 Å². The van der Waals surface area contributed by atoms with Gasteiger partial charge in [0.05, 0.1) is 14.2 Å². The van der Waals surface area contributed by atoms with Crippen LogP contribution in [0.4, 0.5) is 4.39 Å². The van der Waals surface area contributed by atoms with Crippen molar-refractivity contribution in [3.8, 4) is 17.2 Å². The summed E-state index contributed by atoms with van der Waals surface area (Å²) in [6.07, 6.45) is -1.03. The number of hydrogen-bond donors (Lipinski definition) is 1. The van der Waals surface area contributed by atoms with E-state index in [1.165, 1.54) is 59.3 Å². The maximum atomic E-state index is 13.0. The molecule has 2 rings (SSSR count). The molecule has 0 aliphatic heterocycles. The van der Waals surface area contributed by atoms with Gasteiger partial charge in [0.1, 0.15) is 11.6 Å². The van der Waals surface area contributed by atoms with Gasteiger partial charge in [-0.1, -0.05) is 6.07 Å². The van der Waals surface area contributed by atoms with Crippen LogP contribution in [-0.2, 0) is 20.9 Å². The second-order valence-corrected chi connectivity index (χ2v) is 7.02. The van der Waals surface area contributed by atoms with Crippen LogP contribution in [0.1, 0.15) is 26.3 Å². The monoisotopic (exact) mass is 419 g/mol. The second-order valence-electron chi connectivity index (χ2n) is 7.02. The van der Waals surface area contributed by atoms with Gasteiger partial charge in [-0.25, -0.2) is 9.18 Å². The highest BCUT2D eigenvalue weighted by molar-refractivity contribution is 5.86. The Morgan fingerprint density at radius 3 is 2.27 bits per heavy atom. The number of hydrogen-bond acceptors (Lipinski definition) is 6. The molecule has 0 fully saturated rings. The predicted octanol–water partition coefficient (Wildman–Crippen LogP) is 3.25. The van der Waals surface area contributed by atoms with Crippen LogP contribution in [0.25, 0.3) is 0 Å². The van der Waals surface area contributed by atoms with Crippen LogP contribution in [0, 0.1) is 5.82 Å². The lowest BCUT2D eigenvalue weighted by Gasteiger charge is -2.26. The van der Waals surface area contributed by atoms with E-state index in [1.807, 2.05) is 0 Å². The number of nitrogens with one attached hydrogen (secondary N) is 1. The van der Waals surface area contributed by atoms with E-state index in [0.29, 0.717) is 17.2 Å². The molecular formula is C22H26FNO6. The fourth-order valence-electron chi connectivity index (χ4n) is 2.52. The number of esters is 1. The first-order valence-electron chi connectivity index (χ1n) is 9.30. The van der Waals surface area contributed by atoms with Crippen LogP contribution in [0.5, 0.6) is 17.2 Å². The summed E-state index contributed by atoms with van der Waals surface area (Å²) in [5, 5.41) is 2.71. The minimum Gasteiger partial charge on any atom is -0.493 e. The molecule has 7 nitrogen and oxygen atoms in total. The van der Waals surface area contributed by atoms with Crippen molar-refractivity contribution < 1.29 is 32.9 Å². The molecule has 2 aromatic carbocycles. The Morgan fingerprint density at radius 1 is 1.03 bits per heavy atom. The summed E-state index contributed by atoms with van der Waals surface area (Å²) in [6, 6.07) is 10.5. The van der Waals surface area contributed by atoms with Crippen molar-refractivity contribution >= 4 is 11.9 Å². The molecule has 0 aromatic heterocycles. The molecule has 162 valence electrons. The summed E-state index contributed by atoms with van der Waals surface area (Å²) in [5.41, 5.74) is -0.574. The summed E-state index contributed by atoms with van der Waals surface area (Å²) >= 11 is 0. The normalized spacial score (nSPS) is 11.9. The quantitative estimate of drug-likeness (QED) is 0.629. The van der Waals surface area contributed by atoms with Crippen molar-refractivity contribution in [2.45, 2.75) is 39.0 Å². The number of ether oxygens (including phenoxy) is 4. The fourth-order valence-corrected chi connectivity index (χ4v) is 2.52. The number of carbonyl (C=O) groups excluding carboxylic acids is 2. The molecule has 2 aromatic rings. The van der Waals surface area contributed by atoms with Crippen LogP contribution >= 0.6 is 0 Å². The molecule has 0 saturated carbocycles. The standard InChI is InChI=1S/C22H26FNO6/c1-14(20(25)24-13-15-6-11-18(27-4)19(12-15)28-5)29-21(26)22(2,3)30-17-9-7-16(23)8-10-17/h6-12,14H,13H2,1-5H3,(H,24,25)/t14-/m1/s1. The Bertz CT molecular complexity index is 882. The van der Waals surface area contributed by atoms with Crippen LogP contribution in [0.3, 0.4) is 0 Å². The molecule has 0 aliphatic carbocycles. The molecule has 0 saturated heterocycles. The van der Waals surface area contributed by atoms with Crippen LogP contribution in [-0.4, -0.2) is 37.8 Å². The Hall–Kier alpha value is -3.29. The van der Waals surface area contributed by atoms with E-state index in [-0.39, 0.29) is 6.54 Å². The third kappa shape index (κ3) is 6.10. The topological polar surface area (TPSA) is 83.1 Å². The van der Waals surface area contributed by atoms with Gasteiger partial charge in [0.2, 0.25) is 0 Å². The molecule has 0 heterocycles. The lowest BCUT2D eigenvalue weighted by Crippen LogP contribution is -2.44. The lowest BCUT2D eigenvalue weighted by molar-refractivity contribution is -0.167. The first kappa shape index (κ1) is 23.0. The van der Waals surface area contributed by atoms with E-state index in [2.05, 4.69) is 5.32 Å². The van der Waals surface area contributed by atoms with E-state index in [9.17, 15) is 14.0 Å². The van der Waals surface area contributed by atoms with Crippen molar-refractivity contribution in [3.63, 3.8) is 0 Å². The Balaban J connectivity index is 1.91. The maximum Gasteiger partial charge on any atom is 0.350 e. The molecule has 8 heteroatoms. The second kappa shape index (κ2) is 9.96. The van der Waals surface area contributed by atoms with Gasteiger partial charge >= 0.3 is 5.97 Å². The average molecular weight is 419 g/mol. The molecule has 0 radical (unpaired) electrons. The minimum absolute atomic E-state index is 0.219. The third-order valence-electron chi connectivity index (χ3n) is 4.25. The fraction of sp³-hybridized carbons (Fsp3) is 0.364. The molecule has 1 amide bonds. The van der Waals surface area contributed by atoms with Crippen LogP contribution in [0.2, 0.25) is 0 Å². The zero-order valence-electron chi connectivity index (χ0n) is 17.7. The van der Waals surface area contributed by atoms with Crippen molar-refractivity contribution in [3.05, 3.63) is 53.8 Å². The third-order valence-corrected chi connectivity index (χ3v) is 4.25. The van der Waals surface area contributed by atoms with Gasteiger partial charge in [-0.15, -0.1) is 0 Å². The summed E-state index contributed by atoms with van der Waals surface area (Å²) in [6.45, 7) is 4.70. The van der Waals surface area contributed by atoms with Gasteiger partial charge in [-0.05, 0) is 62.7 Å². The highest BCUT2D eigenvalue weighted by Crippen LogP contribution is 2.27. The zero-order chi connectivity index (χ0) is 22.3. The molecule has 30 heavy (non-hydrogen) atoms. The van der Waals surface area contributed by atoms with E-state index in [0.717, 1.165) is 5.56 Å². The predicted molar refractivity (Wildman–Crippen MR) is 108 cm³/mol. The highest BCUT2D eigenvalue weighted by Gasteiger charge is 2.34. The van der Waals surface area contributed by atoms with Gasteiger partial charge in [-0.2, -0.15) is 0 Å². The Kier molecular flexibility index (Phi) is 7.63. The highest BCUT2D eigenvalue weighted by atomic mass is 19.1. The van der Waals surface area contributed by atoms with E-state index < -0.39 is 29.4 Å². The molecule has 0 spiro atoms. The van der Waals surface area contributed by atoms with Gasteiger partial charge in [-0.3, -0.25) is 4.79 Å². The number of methoxy groups -OCH3 is 2. The molecular weight excluding hydrogens is 393 g/mol. The maximum absolute atomic E-state index is 13.0. The van der Waals surface area contributed by atoms with Gasteiger partial charge < -0.3 is 24.3 Å². The Morgan fingerprint density at radius 2 is 1.67 bits per heavy atom. The minimum atomic E-state index is -1.37. The summed E-state index contributed by atoms with van der Waals surface area (Å²) in [7, 11) is 3.06. The van der Waals surface area contributed by atoms with Gasteiger partial charge in [0.25, 0.3) is 5.91 Å². The first-order chi connectivity index (χ1) is 14.2. The number of benzene rings is 2. The molecule has 0 aliphatic rings. The van der Waals surface area contributed by atoms with E-state index in [1.54, 1.807) is 18.2 Å². The molecule has 0 bridgehead atoms. The lowest BCUT2D eigenvalue weighted by atomic mass is 10.1. The first-order valence-corrected chi connectivity index (χ1v) is 9.30. The molecule has 0 unspecified atom stereocenters. The largest absolute Gasteiger partial charge is 0.493 e. The van der Waals surface area contributed by atoms with Crippen molar-refractivity contribution in [1.82, 2.24) is 5.32 Å². The SMILES string of the molecule is COc1ccc(CNC(=O)[C@@H](C)OC(=O)C(C)(C)Oc2ccc(F)cc2)cc1OC. The number of amides is 1. The number of rotatable bonds is 9. The van der Waals surface area contributed by atoms with Crippen LogP contribution in [0.15, 0.2) is 42.5 Å². The summed E-state index contributed by atoms with van der Waals surface area (Å²) < 4.78 is 34.2. The average Bonchev–Trinajstić information content (AvgIpc) is 2.73. The van der Waals surface area contributed by atoms with Crippen molar-refractivity contribution in [2.75, 3.05) is 14.2 Å². The zero-order valence-corrected chi connectivity index (χ0v) is 17.7. The molecule has 1 atom stereocenters. The Labute approximate surface area is 175 Å². The van der Waals surface area contributed by atoms with Gasteiger partial charge in [0, 0.05) is 6.54 Å². The van der Waals surface area contributed by atoms with E-state index in [4.69, 9.17) is 18.9 Å². The summed E-state index contributed by atoms with van der Waals surface area (Å²) in [5.74, 6) is -0.163. The number of carbonyl (C=O) groups is 2. The van der Waals surface area contributed by atoms with Crippen LogP contribution < -0.4 is 19.5 Å². The smallest absolute Gasteiger partial charge is 0.350 e. The van der Waals surface area contributed by atoms with Crippen molar-refractivity contribution in [2.24, 2.45) is 0 Å². The van der Waals surface area contributed by atoms with E-state index >= 15 is 0 Å². The number of halogens is 1. The summed E-state index contributed by atoms with van der Waals surface area (Å²) in [4.78, 5) is 24.8. The van der Waals surface area contributed by atoms with Gasteiger partial charge in [0.15, 0.2) is 23.2 Å².